The topological polar surface area (TPSA) is 163 Å². The molecule has 0 aliphatic carbocycles. The molecule has 228 valence electrons. The van der Waals surface area contributed by atoms with E-state index in [9.17, 15) is 9.90 Å². The molecule has 0 spiro atoms. The molecule has 3 aromatic carbocycles. The molecular formula is C32H36N8O4. The fraction of sp³-hybridized carbons (Fsp3) is 0.281. The van der Waals surface area contributed by atoms with Gasteiger partial charge in [-0.3, -0.25) is 15.5 Å². The Kier molecular flexibility index (Phi) is 8.47. The van der Waals surface area contributed by atoms with E-state index in [1.807, 2.05) is 102 Å². The number of hydrogen-bond donors (Lipinski definition) is 5. The molecule has 5 rings (SSSR count). The van der Waals surface area contributed by atoms with Crippen LogP contribution in [0.2, 0.25) is 0 Å². The van der Waals surface area contributed by atoms with Crippen molar-refractivity contribution < 1.29 is 19.4 Å². The van der Waals surface area contributed by atoms with Crippen molar-refractivity contribution in [1.29, 1.82) is 0 Å². The highest BCUT2D eigenvalue weighted by Gasteiger charge is 2.18. The van der Waals surface area contributed by atoms with Crippen LogP contribution in [-0.2, 0) is 9.47 Å². The number of rotatable bonds is 8. The maximum atomic E-state index is 12.0. The molecule has 0 saturated heterocycles. The number of aliphatic hydroxyl groups is 1. The summed E-state index contributed by atoms with van der Waals surface area (Å²) < 4.78 is 10.8. The zero-order valence-electron chi connectivity index (χ0n) is 25.5. The van der Waals surface area contributed by atoms with Gasteiger partial charge >= 0.3 is 6.09 Å². The molecule has 2 heterocycles. The van der Waals surface area contributed by atoms with E-state index in [-0.39, 0.29) is 0 Å². The first-order chi connectivity index (χ1) is 20.8. The highest BCUT2D eigenvalue weighted by atomic mass is 16.6. The molecule has 0 bridgehead atoms. The first kappa shape index (κ1) is 30.4. The smallest absolute Gasteiger partial charge is 0.412 e. The Morgan fingerprint density at radius 3 is 1.70 bits per heavy atom. The number of H-pyrrole nitrogens is 2. The molecule has 1 atom stereocenters. The third-order valence-corrected chi connectivity index (χ3v) is 6.07. The van der Waals surface area contributed by atoms with E-state index in [2.05, 4.69) is 41.0 Å². The first-order valence-corrected chi connectivity index (χ1v) is 14.1. The summed E-state index contributed by atoms with van der Waals surface area (Å²) in [7, 11) is 0. The molecule has 2 aromatic heterocycles. The molecule has 0 saturated carbocycles. The molecule has 5 aromatic rings. The Balaban J connectivity index is 1.25. The number of aromatic amines is 2. The number of carbonyl (C=O) groups excluding carboxylic acids is 1. The number of carbonyl (C=O) groups is 1. The Labute approximate surface area is 255 Å². The van der Waals surface area contributed by atoms with Crippen molar-refractivity contribution in [3.05, 3.63) is 72.8 Å². The average Bonchev–Trinajstić information content (AvgIpc) is 3.63. The van der Waals surface area contributed by atoms with Crippen LogP contribution in [0, 0.1) is 0 Å². The molecule has 44 heavy (non-hydrogen) atoms. The number of aromatic nitrogens is 6. The largest absolute Gasteiger partial charge is 0.444 e. The zero-order chi connectivity index (χ0) is 31.5. The van der Waals surface area contributed by atoms with Gasteiger partial charge in [0.15, 0.2) is 23.3 Å². The van der Waals surface area contributed by atoms with Crippen LogP contribution >= 0.6 is 0 Å². The summed E-state index contributed by atoms with van der Waals surface area (Å²) in [4.78, 5) is 21.4. The van der Waals surface area contributed by atoms with Crippen LogP contribution < -0.4 is 10.6 Å². The highest BCUT2D eigenvalue weighted by Crippen LogP contribution is 2.27. The van der Waals surface area contributed by atoms with Crippen molar-refractivity contribution >= 4 is 17.5 Å². The normalized spacial score (nSPS) is 12.5. The Bertz CT molecular complexity index is 1710. The van der Waals surface area contributed by atoms with Gasteiger partial charge in [0.1, 0.15) is 5.60 Å². The summed E-state index contributed by atoms with van der Waals surface area (Å²) >= 11 is 0. The summed E-state index contributed by atoms with van der Waals surface area (Å²) in [6, 6.07) is 22.3. The van der Waals surface area contributed by atoms with E-state index < -0.39 is 23.7 Å². The zero-order valence-corrected chi connectivity index (χ0v) is 25.5. The SMILES string of the molecule is CC(C)(C)OC(=O)Nc1ccc(-c2nc(-c3cccc(-c4n[nH]c(-c5ccc(NC(O)OC(C)(C)C)cc5)n4)c3)n[nH]2)cc1. The fourth-order valence-corrected chi connectivity index (χ4v) is 4.20. The summed E-state index contributed by atoms with van der Waals surface area (Å²) in [6.45, 7) is 11.1. The molecule has 0 aliphatic heterocycles. The predicted molar refractivity (Wildman–Crippen MR) is 168 cm³/mol. The Morgan fingerprint density at radius 1 is 0.727 bits per heavy atom. The number of anilines is 2. The lowest BCUT2D eigenvalue weighted by Gasteiger charge is -2.24. The lowest BCUT2D eigenvalue weighted by Crippen LogP contribution is -2.32. The van der Waals surface area contributed by atoms with E-state index in [0.29, 0.717) is 34.7 Å². The first-order valence-electron chi connectivity index (χ1n) is 14.1. The van der Waals surface area contributed by atoms with Crippen molar-refractivity contribution in [2.24, 2.45) is 0 Å². The fourth-order valence-electron chi connectivity index (χ4n) is 4.20. The molecule has 12 heteroatoms. The minimum absolute atomic E-state index is 0.481. The van der Waals surface area contributed by atoms with Crippen LogP contribution in [0.4, 0.5) is 16.2 Å². The molecule has 1 amide bonds. The second-order valence-corrected chi connectivity index (χ2v) is 12.1. The molecule has 1 unspecified atom stereocenters. The van der Waals surface area contributed by atoms with Crippen molar-refractivity contribution in [2.75, 3.05) is 10.6 Å². The summed E-state index contributed by atoms with van der Waals surface area (Å²) in [5.74, 6) is 2.24. The van der Waals surface area contributed by atoms with Crippen LogP contribution in [0.1, 0.15) is 41.5 Å². The minimum atomic E-state index is -1.13. The monoisotopic (exact) mass is 596 g/mol. The number of nitrogens with zero attached hydrogens (tertiary/aromatic N) is 4. The van der Waals surface area contributed by atoms with E-state index in [1.165, 1.54) is 0 Å². The Morgan fingerprint density at radius 2 is 1.23 bits per heavy atom. The lowest BCUT2D eigenvalue weighted by atomic mass is 10.1. The van der Waals surface area contributed by atoms with Gasteiger partial charge in [-0.15, -0.1) is 0 Å². The molecule has 0 radical (unpaired) electrons. The van der Waals surface area contributed by atoms with Gasteiger partial charge in [0.2, 0.25) is 6.41 Å². The number of amides is 1. The molecule has 0 aliphatic rings. The second-order valence-electron chi connectivity index (χ2n) is 12.1. The Hall–Kier alpha value is -5.07. The van der Waals surface area contributed by atoms with Crippen LogP contribution in [0.25, 0.3) is 45.6 Å². The van der Waals surface area contributed by atoms with Gasteiger partial charge in [0, 0.05) is 33.6 Å². The van der Waals surface area contributed by atoms with Gasteiger partial charge in [-0.1, -0.05) is 18.2 Å². The molecule has 12 nitrogen and oxygen atoms in total. The van der Waals surface area contributed by atoms with Crippen LogP contribution in [0.3, 0.4) is 0 Å². The molecule has 5 N–H and O–H groups in total. The predicted octanol–water partition coefficient (Wildman–Crippen LogP) is 6.44. The summed E-state index contributed by atoms with van der Waals surface area (Å²) in [6.07, 6.45) is -1.64. The maximum absolute atomic E-state index is 12.0. The quantitative estimate of drug-likeness (QED) is 0.127. The standard InChI is InChI=1S/C32H36N8O4/c1-31(2,3)43-29(41)33-23-14-10-19(11-15-23)25-35-27(39-37-25)21-8-7-9-22(18-21)28-36-26(38-40-28)20-12-16-24(17-13-20)34-30(42)44-32(4,5)6/h7-18,29,33,41H,1-6H3,(H,34,42)(H,35,37,39)(H,36,38,40). The minimum Gasteiger partial charge on any atom is -0.444 e. The summed E-state index contributed by atoms with van der Waals surface area (Å²) in [5, 5.41) is 30.5. The third-order valence-electron chi connectivity index (χ3n) is 6.07. The van der Waals surface area contributed by atoms with Crippen molar-refractivity contribution in [3.63, 3.8) is 0 Å². The molecule has 0 fully saturated rings. The second kappa shape index (κ2) is 12.3. The summed E-state index contributed by atoms with van der Waals surface area (Å²) in [5.41, 5.74) is 3.50. The van der Waals surface area contributed by atoms with Gasteiger partial charge in [-0.2, -0.15) is 10.2 Å². The van der Waals surface area contributed by atoms with E-state index >= 15 is 0 Å². The number of nitrogens with one attached hydrogen (secondary N) is 4. The van der Waals surface area contributed by atoms with Crippen LogP contribution in [-0.4, -0.2) is 59.2 Å². The van der Waals surface area contributed by atoms with Gasteiger partial charge in [0.25, 0.3) is 0 Å². The van der Waals surface area contributed by atoms with E-state index in [4.69, 9.17) is 9.47 Å². The van der Waals surface area contributed by atoms with Gasteiger partial charge in [0.05, 0.1) is 5.60 Å². The number of aliphatic hydroxyl groups excluding tert-OH is 1. The molecular weight excluding hydrogens is 560 g/mol. The van der Waals surface area contributed by atoms with E-state index in [1.54, 1.807) is 12.1 Å². The lowest BCUT2D eigenvalue weighted by molar-refractivity contribution is -0.148. The number of ether oxygens (including phenoxy) is 2. The van der Waals surface area contributed by atoms with Crippen molar-refractivity contribution in [1.82, 2.24) is 30.4 Å². The highest BCUT2D eigenvalue weighted by molar-refractivity contribution is 5.85. The van der Waals surface area contributed by atoms with Crippen LogP contribution in [0.15, 0.2) is 72.8 Å². The van der Waals surface area contributed by atoms with E-state index in [0.717, 1.165) is 22.3 Å². The van der Waals surface area contributed by atoms with Gasteiger partial charge in [-0.25, -0.2) is 14.8 Å². The number of benzene rings is 3. The van der Waals surface area contributed by atoms with Crippen LogP contribution in [0.5, 0.6) is 0 Å². The van der Waals surface area contributed by atoms with Crippen molar-refractivity contribution in [2.45, 2.75) is 59.2 Å². The van der Waals surface area contributed by atoms with Gasteiger partial charge < -0.3 is 19.9 Å². The number of hydrogen-bond acceptors (Lipinski definition) is 9. The van der Waals surface area contributed by atoms with Crippen molar-refractivity contribution in [3.8, 4) is 45.6 Å². The average molecular weight is 597 g/mol. The third kappa shape index (κ3) is 8.06. The maximum Gasteiger partial charge on any atom is 0.412 e. The van der Waals surface area contributed by atoms with Gasteiger partial charge in [-0.05, 0) is 96.1 Å².